The van der Waals surface area contributed by atoms with Gasteiger partial charge in [0.05, 0.1) is 16.2 Å². The van der Waals surface area contributed by atoms with Gasteiger partial charge in [-0.05, 0) is 19.8 Å². The molecule has 2 aliphatic rings. The maximum atomic E-state index is 6.35. The lowest BCUT2D eigenvalue weighted by Gasteiger charge is -2.18. The van der Waals surface area contributed by atoms with Gasteiger partial charge in [0.15, 0.2) is 0 Å². The van der Waals surface area contributed by atoms with E-state index in [1.165, 1.54) is 0 Å². The van der Waals surface area contributed by atoms with Crippen LogP contribution in [0.1, 0.15) is 27.2 Å². The van der Waals surface area contributed by atoms with E-state index in [0.29, 0.717) is 11.8 Å². The Morgan fingerprint density at radius 2 is 2.08 bits per heavy atom. The summed E-state index contributed by atoms with van der Waals surface area (Å²) in [6.07, 6.45) is 0.905. The van der Waals surface area contributed by atoms with Crippen molar-refractivity contribution in [1.82, 2.24) is 0 Å². The van der Waals surface area contributed by atoms with E-state index in [1.807, 2.05) is 0 Å². The number of rotatable bonds is 0. The standard InChI is InChI=1S/C9H15ClN2.ClH/c1-5-4-6(11)12-9(3)7(5)8(9,2)10;/h5,7H,4H2,1-3H3,(H2,11,12);1H. The van der Waals surface area contributed by atoms with Crippen LogP contribution in [0.25, 0.3) is 0 Å². The molecule has 0 bridgehead atoms. The van der Waals surface area contributed by atoms with Crippen molar-refractivity contribution in [1.29, 1.82) is 0 Å². The van der Waals surface area contributed by atoms with Crippen LogP contribution in [0.3, 0.4) is 0 Å². The van der Waals surface area contributed by atoms with Gasteiger partial charge >= 0.3 is 0 Å². The first kappa shape index (κ1) is 11.1. The number of halogens is 2. The molecule has 4 heteroatoms. The zero-order valence-corrected chi connectivity index (χ0v) is 9.75. The van der Waals surface area contributed by atoms with Crippen molar-refractivity contribution < 1.29 is 0 Å². The molecular formula is C9H16Cl2N2. The molecular weight excluding hydrogens is 207 g/mol. The Kier molecular flexibility index (Phi) is 2.37. The molecule has 0 saturated heterocycles. The number of alkyl halides is 1. The summed E-state index contributed by atoms with van der Waals surface area (Å²) in [7, 11) is 0. The first-order valence-corrected chi connectivity index (χ1v) is 4.80. The Hall–Kier alpha value is 0.0500. The highest BCUT2D eigenvalue weighted by Crippen LogP contribution is 2.66. The fraction of sp³-hybridized carbons (Fsp3) is 0.889. The molecule has 0 aromatic carbocycles. The van der Waals surface area contributed by atoms with Gasteiger partial charge in [-0.25, -0.2) is 0 Å². The first-order chi connectivity index (χ1) is 5.39. The minimum atomic E-state index is -0.159. The molecule has 2 N–H and O–H groups in total. The second-order valence-electron chi connectivity index (χ2n) is 4.49. The largest absolute Gasteiger partial charge is 0.387 e. The van der Waals surface area contributed by atoms with Crippen LogP contribution in [0.5, 0.6) is 0 Å². The van der Waals surface area contributed by atoms with Crippen LogP contribution in [-0.4, -0.2) is 16.2 Å². The molecule has 1 saturated carbocycles. The number of amidine groups is 1. The highest BCUT2D eigenvalue weighted by molar-refractivity contribution is 6.28. The van der Waals surface area contributed by atoms with Crippen molar-refractivity contribution in [3.8, 4) is 0 Å². The van der Waals surface area contributed by atoms with Gasteiger partial charge in [0.1, 0.15) is 0 Å². The second-order valence-corrected chi connectivity index (χ2v) is 5.27. The van der Waals surface area contributed by atoms with E-state index >= 15 is 0 Å². The highest BCUT2D eigenvalue weighted by Gasteiger charge is 2.73. The molecule has 0 aromatic rings. The molecule has 0 spiro atoms. The third-order valence-electron chi connectivity index (χ3n) is 3.57. The van der Waals surface area contributed by atoms with E-state index in [9.17, 15) is 0 Å². The minimum absolute atomic E-state index is 0. The number of nitrogens with two attached hydrogens (primary N) is 1. The summed E-state index contributed by atoms with van der Waals surface area (Å²) >= 11 is 6.35. The van der Waals surface area contributed by atoms with E-state index in [-0.39, 0.29) is 22.8 Å². The number of hydrogen-bond donors (Lipinski definition) is 1. The number of fused-ring (bicyclic) bond motifs is 1. The van der Waals surface area contributed by atoms with Crippen LogP contribution >= 0.6 is 24.0 Å². The lowest BCUT2D eigenvalue weighted by Crippen LogP contribution is -2.26. The smallest absolute Gasteiger partial charge is 0.0947 e. The second kappa shape index (κ2) is 2.77. The van der Waals surface area contributed by atoms with Crippen LogP contribution < -0.4 is 5.73 Å². The molecule has 4 atom stereocenters. The van der Waals surface area contributed by atoms with Crippen molar-refractivity contribution in [2.24, 2.45) is 22.6 Å². The molecule has 13 heavy (non-hydrogen) atoms. The van der Waals surface area contributed by atoms with Gasteiger partial charge in [0.2, 0.25) is 0 Å². The summed E-state index contributed by atoms with van der Waals surface area (Å²) in [6.45, 7) is 6.38. The third-order valence-corrected chi connectivity index (χ3v) is 4.19. The molecule has 0 aromatic heterocycles. The summed E-state index contributed by atoms with van der Waals surface area (Å²) in [5.41, 5.74) is 5.65. The van der Waals surface area contributed by atoms with Crippen molar-refractivity contribution in [2.45, 2.75) is 37.6 Å². The van der Waals surface area contributed by atoms with E-state index in [0.717, 1.165) is 12.3 Å². The Bertz CT molecular complexity index is 262. The number of hydrogen-bond acceptors (Lipinski definition) is 2. The Balaban J connectivity index is 0.000000845. The normalized spacial score (nSPS) is 53.1. The zero-order valence-electron chi connectivity index (χ0n) is 8.17. The highest BCUT2D eigenvalue weighted by atomic mass is 35.5. The Morgan fingerprint density at radius 3 is 2.54 bits per heavy atom. The van der Waals surface area contributed by atoms with Crippen LogP contribution in [0, 0.1) is 11.8 Å². The van der Waals surface area contributed by atoms with Gasteiger partial charge in [-0.2, -0.15) is 0 Å². The Labute approximate surface area is 90.3 Å². The molecule has 1 aliphatic heterocycles. The summed E-state index contributed by atoms with van der Waals surface area (Å²) in [4.78, 5) is 4.30. The molecule has 1 fully saturated rings. The topological polar surface area (TPSA) is 38.4 Å². The summed E-state index contributed by atoms with van der Waals surface area (Å²) in [5, 5.41) is 0. The van der Waals surface area contributed by atoms with Crippen molar-refractivity contribution in [3.63, 3.8) is 0 Å². The van der Waals surface area contributed by atoms with Crippen LogP contribution in [-0.2, 0) is 0 Å². The summed E-state index contributed by atoms with van der Waals surface area (Å²) in [5.74, 6) is 1.86. The third kappa shape index (κ3) is 1.18. The fourth-order valence-electron chi connectivity index (χ4n) is 2.83. The SMILES string of the molecule is CC1CC(N)=NC2(C)C1C2(C)Cl.Cl. The average Bonchev–Trinajstić information content (AvgIpc) is 2.24. The van der Waals surface area contributed by atoms with E-state index < -0.39 is 0 Å². The predicted octanol–water partition coefficient (Wildman–Crippen LogP) is 2.19. The molecule has 0 amide bonds. The van der Waals surface area contributed by atoms with Crippen LogP contribution in [0.2, 0.25) is 0 Å². The van der Waals surface area contributed by atoms with Crippen molar-refractivity contribution in [3.05, 3.63) is 0 Å². The average molecular weight is 223 g/mol. The van der Waals surface area contributed by atoms with E-state index in [4.69, 9.17) is 17.3 Å². The van der Waals surface area contributed by atoms with Crippen molar-refractivity contribution >= 4 is 29.8 Å². The van der Waals surface area contributed by atoms with Gasteiger partial charge in [-0.3, -0.25) is 4.99 Å². The van der Waals surface area contributed by atoms with E-state index in [1.54, 1.807) is 0 Å². The number of aliphatic imine (C=N–C) groups is 1. The van der Waals surface area contributed by atoms with Crippen LogP contribution in [0.4, 0.5) is 0 Å². The minimum Gasteiger partial charge on any atom is -0.387 e. The maximum Gasteiger partial charge on any atom is 0.0947 e. The van der Waals surface area contributed by atoms with Gasteiger partial charge < -0.3 is 5.73 Å². The molecule has 2 rings (SSSR count). The summed E-state index contributed by atoms with van der Waals surface area (Å²) < 4.78 is 0. The fourth-order valence-corrected chi connectivity index (χ4v) is 3.37. The van der Waals surface area contributed by atoms with Crippen molar-refractivity contribution in [2.75, 3.05) is 0 Å². The Morgan fingerprint density at radius 1 is 1.54 bits per heavy atom. The van der Waals surface area contributed by atoms with Gasteiger partial charge in [0, 0.05) is 12.3 Å². The number of nitrogens with zero attached hydrogens (tertiary/aromatic N) is 1. The van der Waals surface area contributed by atoms with Gasteiger partial charge in [0.25, 0.3) is 0 Å². The molecule has 1 aliphatic carbocycles. The lowest BCUT2D eigenvalue weighted by atomic mass is 9.95. The monoisotopic (exact) mass is 222 g/mol. The quantitative estimate of drug-likeness (QED) is 0.628. The molecule has 0 radical (unpaired) electrons. The van der Waals surface area contributed by atoms with Crippen LogP contribution in [0.15, 0.2) is 4.99 Å². The predicted molar refractivity (Wildman–Crippen MR) is 58.8 cm³/mol. The lowest BCUT2D eigenvalue weighted by molar-refractivity contribution is 0.449. The van der Waals surface area contributed by atoms with Gasteiger partial charge in [-0.15, -0.1) is 24.0 Å². The zero-order chi connectivity index (χ0) is 9.15. The van der Waals surface area contributed by atoms with E-state index in [2.05, 4.69) is 25.8 Å². The molecule has 4 unspecified atom stereocenters. The molecule has 2 nitrogen and oxygen atoms in total. The molecule has 1 heterocycles. The molecule has 76 valence electrons. The van der Waals surface area contributed by atoms with Gasteiger partial charge in [-0.1, -0.05) is 6.92 Å². The maximum absolute atomic E-state index is 6.35. The summed E-state index contributed by atoms with van der Waals surface area (Å²) in [6, 6.07) is 0. The first-order valence-electron chi connectivity index (χ1n) is 4.42.